The first-order valence-electron chi connectivity index (χ1n) is 9.47. The molecule has 29 heavy (non-hydrogen) atoms. The zero-order chi connectivity index (χ0) is 19.8. The molecule has 0 saturated carbocycles. The van der Waals surface area contributed by atoms with E-state index in [-0.39, 0.29) is 30.1 Å². The highest BCUT2D eigenvalue weighted by molar-refractivity contribution is 6.34. The van der Waals surface area contributed by atoms with Crippen LogP contribution in [0.2, 0.25) is 0 Å². The molecule has 4 rings (SSSR count). The molecule has 2 aliphatic rings. The number of hydrogen-bond donors (Lipinski definition) is 4. The Morgan fingerprint density at radius 2 is 1.97 bits per heavy atom. The lowest BCUT2D eigenvalue weighted by molar-refractivity contribution is -0.120. The van der Waals surface area contributed by atoms with E-state index < -0.39 is 5.82 Å². The van der Waals surface area contributed by atoms with Gasteiger partial charge in [0.15, 0.2) is 0 Å². The van der Waals surface area contributed by atoms with Gasteiger partial charge in [-0.3, -0.25) is 9.59 Å². The minimum Gasteiger partial charge on any atom is -0.357 e. The van der Waals surface area contributed by atoms with Gasteiger partial charge in [-0.1, -0.05) is 0 Å². The normalized spacial score (nSPS) is 17.6. The summed E-state index contributed by atoms with van der Waals surface area (Å²) in [5, 5.41) is 9.05. The van der Waals surface area contributed by atoms with Gasteiger partial charge < -0.3 is 20.9 Å². The van der Waals surface area contributed by atoms with Gasteiger partial charge in [0.1, 0.15) is 5.82 Å². The number of carbonyl (C=O) groups excluding carboxylic acids is 2. The summed E-state index contributed by atoms with van der Waals surface area (Å²) >= 11 is 0. The van der Waals surface area contributed by atoms with E-state index in [4.69, 9.17) is 0 Å². The molecule has 0 radical (unpaired) electrons. The molecule has 3 heterocycles. The smallest absolute Gasteiger partial charge is 0.256 e. The summed E-state index contributed by atoms with van der Waals surface area (Å²) in [5.41, 5.74) is 4.67. The van der Waals surface area contributed by atoms with E-state index in [0.29, 0.717) is 16.8 Å². The molecule has 154 valence electrons. The van der Waals surface area contributed by atoms with Crippen LogP contribution in [0, 0.1) is 25.6 Å². The summed E-state index contributed by atoms with van der Waals surface area (Å²) < 4.78 is 13.6. The van der Waals surface area contributed by atoms with E-state index in [1.807, 2.05) is 13.8 Å². The molecule has 1 aromatic heterocycles. The van der Waals surface area contributed by atoms with Gasteiger partial charge in [0, 0.05) is 28.6 Å². The van der Waals surface area contributed by atoms with E-state index in [0.717, 1.165) is 48.6 Å². The number of halogens is 2. The second kappa shape index (κ2) is 8.39. The first kappa shape index (κ1) is 21.1. The predicted molar refractivity (Wildman–Crippen MR) is 115 cm³/mol. The van der Waals surface area contributed by atoms with Gasteiger partial charge in [-0.2, -0.15) is 0 Å². The van der Waals surface area contributed by atoms with Gasteiger partial charge >= 0.3 is 0 Å². The molecule has 4 N–H and O–H groups in total. The van der Waals surface area contributed by atoms with E-state index in [1.54, 1.807) is 12.1 Å². The molecule has 6 nitrogen and oxygen atoms in total. The van der Waals surface area contributed by atoms with Crippen molar-refractivity contribution < 1.29 is 14.0 Å². The third-order valence-electron chi connectivity index (χ3n) is 5.49. The van der Waals surface area contributed by atoms with E-state index >= 15 is 0 Å². The summed E-state index contributed by atoms with van der Waals surface area (Å²) in [6.45, 7) is 5.49. The second-order valence-corrected chi connectivity index (χ2v) is 7.38. The fourth-order valence-corrected chi connectivity index (χ4v) is 3.86. The summed E-state index contributed by atoms with van der Waals surface area (Å²) in [4.78, 5) is 28.2. The van der Waals surface area contributed by atoms with Crippen LogP contribution in [0.3, 0.4) is 0 Å². The second-order valence-electron chi connectivity index (χ2n) is 7.38. The summed E-state index contributed by atoms with van der Waals surface area (Å²) in [5.74, 6) is -0.632. The molecule has 8 heteroatoms. The molecule has 0 atom stereocenters. The molecular weight excluding hydrogens is 395 g/mol. The van der Waals surface area contributed by atoms with Gasteiger partial charge in [0.05, 0.1) is 11.3 Å². The number of amides is 2. The quantitative estimate of drug-likeness (QED) is 0.574. The van der Waals surface area contributed by atoms with Crippen molar-refractivity contribution in [2.24, 2.45) is 5.92 Å². The van der Waals surface area contributed by atoms with Crippen LogP contribution in [-0.4, -0.2) is 29.9 Å². The van der Waals surface area contributed by atoms with Crippen LogP contribution in [0.4, 0.5) is 15.8 Å². The number of anilines is 2. The SMILES string of the molecule is Cc1[nH]c(/C=C2\C(=O)Nc3ccc(F)cc32)c(C)c1NC(=O)C1CCNCC1.Cl. The number of nitrogens with one attached hydrogen (secondary N) is 4. The number of fused-ring (bicyclic) bond motifs is 1. The van der Waals surface area contributed by atoms with E-state index in [9.17, 15) is 14.0 Å². The molecule has 1 aromatic carbocycles. The van der Waals surface area contributed by atoms with Crippen molar-refractivity contribution in [3.8, 4) is 0 Å². The molecule has 2 aromatic rings. The summed E-state index contributed by atoms with van der Waals surface area (Å²) in [6, 6.07) is 4.23. The largest absolute Gasteiger partial charge is 0.357 e. The number of aromatic nitrogens is 1. The van der Waals surface area contributed by atoms with Crippen molar-refractivity contribution in [2.75, 3.05) is 23.7 Å². The monoisotopic (exact) mass is 418 g/mol. The van der Waals surface area contributed by atoms with Gasteiger partial charge in [-0.15, -0.1) is 12.4 Å². The van der Waals surface area contributed by atoms with Crippen molar-refractivity contribution in [3.63, 3.8) is 0 Å². The maximum absolute atomic E-state index is 13.6. The molecule has 2 aliphatic heterocycles. The van der Waals surface area contributed by atoms with Crippen molar-refractivity contribution in [2.45, 2.75) is 26.7 Å². The van der Waals surface area contributed by atoms with Gasteiger partial charge in [-0.25, -0.2) is 4.39 Å². The van der Waals surface area contributed by atoms with E-state index in [1.165, 1.54) is 12.1 Å². The number of carbonyl (C=O) groups is 2. The molecule has 1 saturated heterocycles. The Labute approximate surface area is 174 Å². The van der Waals surface area contributed by atoms with Crippen LogP contribution >= 0.6 is 12.4 Å². The van der Waals surface area contributed by atoms with Crippen molar-refractivity contribution in [1.29, 1.82) is 0 Å². The average molecular weight is 419 g/mol. The van der Waals surface area contributed by atoms with E-state index in [2.05, 4.69) is 20.9 Å². The molecule has 0 spiro atoms. The lowest BCUT2D eigenvalue weighted by Crippen LogP contribution is -2.34. The zero-order valence-electron chi connectivity index (χ0n) is 16.3. The molecule has 2 amide bonds. The molecule has 0 unspecified atom stereocenters. The predicted octanol–water partition coefficient (Wildman–Crippen LogP) is 3.62. The van der Waals surface area contributed by atoms with Crippen LogP contribution in [0.15, 0.2) is 18.2 Å². The Morgan fingerprint density at radius 3 is 2.69 bits per heavy atom. The number of piperidine rings is 1. The first-order valence-corrected chi connectivity index (χ1v) is 9.47. The van der Waals surface area contributed by atoms with Crippen LogP contribution < -0.4 is 16.0 Å². The number of rotatable bonds is 3. The lowest BCUT2D eigenvalue weighted by atomic mass is 9.97. The molecule has 0 bridgehead atoms. The fourth-order valence-electron chi connectivity index (χ4n) is 3.86. The Kier molecular flexibility index (Phi) is 6.10. The maximum Gasteiger partial charge on any atom is 0.256 e. The van der Waals surface area contributed by atoms with Crippen molar-refractivity contribution in [3.05, 3.63) is 46.5 Å². The lowest BCUT2D eigenvalue weighted by Gasteiger charge is -2.22. The van der Waals surface area contributed by atoms with Gasteiger partial charge in [0.25, 0.3) is 5.91 Å². The highest BCUT2D eigenvalue weighted by atomic mass is 35.5. The highest BCUT2D eigenvalue weighted by Crippen LogP contribution is 2.35. The minimum absolute atomic E-state index is 0. The topological polar surface area (TPSA) is 86.0 Å². The minimum atomic E-state index is -0.393. The number of aryl methyl sites for hydroxylation is 1. The summed E-state index contributed by atoms with van der Waals surface area (Å²) in [6.07, 6.45) is 3.37. The maximum atomic E-state index is 13.6. The van der Waals surface area contributed by atoms with Crippen LogP contribution in [0.1, 0.15) is 35.4 Å². The number of H-pyrrole nitrogens is 1. The number of benzene rings is 1. The summed E-state index contributed by atoms with van der Waals surface area (Å²) in [7, 11) is 0. The highest BCUT2D eigenvalue weighted by Gasteiger charge is 2.26. The van der Waals surface area contributed by atoms with Crippen molar-refractivity contribution in [1.82, 2.24) is 10.3 Å². The van der Waals surface area contributed by atoms with Crippen LogP contribution in [0.25, 0.3) is 11.6 Å². The first-order chi connectivity index (χ1) is 13.4. The van der Waals surface area contributed by atoms with Gasteiger partial charge in [-0.05, 0) is 69.6 Å². The third-order valence-corrected chi connectivity index (χ3v) is 5.49. The fraction of sp³-hybridized carbons (Fsp3) is 0.333. The molecule has 1 fully saturated rings. The zero-order valence-corrected chi connectivity index (χ0v) is 17.1. The Morgan fingerprint density at radius 1 is 1.24 bits per heavy atom. The third kappa shape index (κ3) is 4.06. The Bertz CT molecular complexity index is 993. The number of hydrogen-bond acceptors (Lipinski definition) is 3. The number of aromatic amines is 1. The Hall–Kier alpha value is -2.64. The Balaban J connectivity index is 0.00000240. The van der Waals surface area contributed by atoms with Gasteiger partial charge in [0.2, 0.25) is 5.91 Å². The molecule has 0 aliphatic carbocycles. The van der Waals surface area contributed by atoms with Crippen LogP contribution in [-0.2, 0) is 9.59 Å². The average Bonchev–Trinajstić information content (AvgIpc) is 3.13. The van der Waals surface area contributed by atoms with Crippen LogP contribution in [0.5, 0.6) is 0 Å². The standard InChI is InChI=1S/C21H23FN4O2.ClH/c1-11-18(10-16-15-9-14(22)3-4-17(15)25-21(16)28)24-12(2)19(11)26-20(27)13-5-7-23-8-6-13;/h3-4,9-10,13,23-24H,5-8H2,1-2H3,(H,25,28)(H,26,27);1H/b16-10-;. The van der Waals surface area contributed by atoms with Crippen molar-refractivity contribution >= 4 is 47.2 Å². The molecular formula is C21H24ClFN4O2.